The summed E-state index contributed by atoms with van der Waals surface area (Å²) in [6.07, 6.45) is 3.91. The summed E-state index contributed by atoms with van der Waals surface area (Å²) in [7, 11) is -3.74. The van der Waals surface area contributed by atoms with E-state index in [1.807, 2.05) is 6.92 Å². The van der Waals surface area contributed by atoms with Crippen LogP contribution in [0.1, 0.15) is 43.0 Å². The summed E-state index contributed by atoms with van der Waals surface area (Å²) in [6.45, 7) is 2.02. The van der Waals surface area contributed by atoms with Crippen LogP contribution in [0.4, 0.5) is 0 Å². The Morgan fingerprint density at radius 3 is 2.62 bits per heavy atom. The molecule has 1 saturated carbocycles. The van der Waals surface area contributed by atoms with Gasteiger partial charge in [0.15, 0.2) is 0 Å². The Kier molecular flexibility index (Phi) is 4.91. The molecule has 1 aliphatic rings. The van der Waals surface area contributed by atoms with Crippen LogP contribution in [0.2, 0.25) is 5.02 Å². The minimum Gasteiger partial charge on any atom is -0.478 e. The Morgan fingerprint density at radius 2 is 2.00 bits per heavy atom. The van der Waals surface area contributed by atoms with Crippen LogP contribution >= 0.6 is 11.6 Å². The van der Waals surface area contributed by atoms with E-state index in [1.54, 1.807) is 0 Å². The van der Waals surface area contributed by atoms with Gasteiger partial charge in [-0.05, 0) is 37.0 Å². The monoisotopic (exact) mass is 331 g/mol. The molecular weight excluding hydrogens is 314 g/mol. The molecule has 2 unspecified atom stereocenters. The molecule has 0 saturated heterocycles. The van der Waals surface area contributed by atoms with E-state index in [-0.39, 0.29) is 27.4 Å². The molecule has 1 aromatic carbocycles. The van der Waals surface area contributed by atoms with Gasteiger partial charge in [0.05, 0.1) is 15.5 Å². The third kappa shape index (κ3) is 3.75. The standard InChI is InChI=1S/C14H18ClNO4S/c1-9-4-2-3-5-13(9)16-21(19,20)10-6-7-12(15)11(8-10)14(17)18/h6-9,13,16H,2-5H2,1H3,(H,17,18). The minimum absolute atomic E-state index is 0.0208. The first-order valence-electron chi connectivity index (χ1n) is 6.86. The highest BCUT2D eigenvalue weighted by Gasteiger charge is 2.27. The van der Waals surface area contributed by atoms with Crippen molar-refractivity contribution in [2.24, 2.45) is 5.92 Å². The number of aromatic carboxylic acids is 1. The lowest BCUT2D eigenvalue weighted by Gasteiger charge is -2.29. The normalized spacial score (nSPS) is 23.0. The maximum absolute atomic E-state index is 12.4. The first-order valence-corrected chi connectivity index (χ1v) is 8.72. The van der Waals surface area contributed by atoms with Gasteiger partial charge in [-0.25, -0.2) is 17.9 Å². The second kappa shape index (κ2) is 6.34. The van der Waals surface area contributed by atoms with Gasteiger partial charge in [0.2, 0.25) is 10.0 Å². The highest BCUT2D eigenvalue weighted by Crippen LogP contribution is 2.26. The first kappa shape index (κ1) is 16.3. The van der Waals surface area contributed by atoms with Gasteiger partial charge < -0.3 is 5.11 Å². The largest absolute Gasteiger partial charge is 0.478 e. The molecule has 2 atom stereocenters. The van der Waals surface area contributed by atoms with Crippen LogP contribution in [-0.2, 0) is 10.0 Å². The van der Waals surface area contributed by atoms with E-state index in [0.29, 0.717) is 0 Å². The second-order valence-electron chi connectivity index (χ2n) is 5.44. The Labute approximate surface area is 129 Å². The predicted molar refractivity (Wildman–Crippen MR) is 80.2 cm³/mol. The van der Waals surface area contributed by atoms with Crippen molar-refractivity contribution >= 4 is 27.6 Å². The molecule has 0 aliphatic heterocycles. The highest BCUT2D eigenvalue weighted by molar-refractivity contribution is 7.89. The predicted octanol–water partition coefficient (Wildman–Crippen LogP) is 2.90. The third-order valence-corrected chi connectivity index (χ3v) is 5.71. The number of sulfonamides is 1. The zero-order valence-electron chi connectivity index (χ0n) is 11.7. The molecule has 21 heavy (non-hydrogen) atoms. The maximum atomic E-state index is 12.4. The van der Waals surface area contributed by atoms with E-state index in [2.05, 4.69) is 4.72 Å². The van der Waals surface area contributed by atoms with Gasteiger partial charge in [-0.2, -0.15) is 0 Å². The molecule has 2 rings (SSSR count). The van der Waals surface area contributed by atoms with Crippen LogP contribution < -0.4 is 4.72 Å². The van der Waals surface area contributed by atoms with Crippen molar-refractivity contribution in [1.29, 1.82) is 0 Å². The fourth-order valence-electron chi connectivity index (χ4n) is 2.59. The summed E-state index contributed by atoms with van der Waals surface area (Å²) in [4.78, 5) is 11.0. The van der Waals surface area contributed by atoms with Crippen molar-refractivity contribution in [2.45, 2.75) is 43.5 Å². The fraction of sp³-hybridized carbons (Fsp3) is 0.500. The molecule has 1 fully saturated rings. The fourth-order valence-corrected chi connectivity index (χ4v) is 4.20. The van der Waals surface area contributed by atoms with Crippen molar-refractivity contribution in [3.63, 3.8) is 0 Å². The number of carboxylic acid groups (broad SMARTS) is 1. The van der Waals surface area contributed by atoms with Crippen molar-refractivity contribution < 1.29 is 18.3 Å². The Hall–Kier alpha value is -1.11. The molecule has 0 heterocycles. The van der Waals surface area contributed by atoms with Gasteiger partial charge in [-0.3, -0.25) is 0 Å². The van der Waals surface area contributed by atoms with E-state index in [0.717, 1.165) is 31.7 Å². The zero-order valence-corrected chi connectivity index (χ0v) is 13.2. The molecule has 0 radical (unpaired) electrons. The second-order valence-corrected chi connectivity index (χ2v) is 7.56. The van der Waals surface area contributed by atoms with Gasteiger partial charge in [-0.15, -0.1) is 0 Å². The summed E-state index contributed by atoms with van der Waals surface area (Å²) in [6, 6.07) is 3.61. The molecule has 0 spiro atoms. The number of rotatable bonds is 4. The van der Waals surface area contributed by atoms with E-state index < -0.39 is 16.0 Å². The third-order valence-electron chi connectivity index (χ3n) is 3.90. The number of hydrogen-bond acceptors (Lipinski definition) is 3. The average Bonchev–Trinajstić information content (AvgIpc) is 2.41. The van der Waals surface area contributed by atoms with Crippen LogP contribution in [0.3, 0.4) is 0 Å². The van der Waals surface area contributed by atoms with E-state index >= 15 is 0 Å². The Morgan fingerprint density at radius 1 is 1.33 bits per heavy atom. The van der Waals surface area contributed by atoms with Crippen LogP contribution in [0.5, 0.6) is 0 Å². The van der Waals surface area contributed by atoms with Crippen molar-refractivity contribution in [3.05, 3.63) is 28.8 Å². The zero-order chi connectivity index (χ0) is 15.6. The summed E-state index contributed by atoms with van der Waals surface area (Å²) < 4.78 is 27.5. The van der Waals surface area contributed by atoms with Crippen LogP contribution in [0.25, 0.3) is 0 Å². The summed E-state index contributed by atoms with van der Waals surface area (Å²) in [5.74, 6) is -0.970. The number of carbonyl (C=O) groups is 1. The van der Waals surface area contributed by atoms with Crippen molar-refractivity contribution in [1.82, 2.24) is 4.72 Å². The van der Waals surface area contributed by atoms with Gasteiger partial charge in [0.25, 0.3) is 0 Å². The number of nitrogens with one attached hydrogen (secondary N) is 1. The molecule has 7 heteroatoms. The first-order chi connectivity index (χ1) is 9.81. The lowest BCUT2D eigenvalue weighted by molar-refractivity contribution is 0.0697. The number of benzene rings is 1. The van der Waals surface area contributed by atoms with Crippen molar-refractivity contribution in [2.75, 3.05) is 0 Å². The summed E-state index contributed by atoms with van der Waals surface area (Å²) >= 11 is 5.76. The molecule has 116 valence electrons. The summed E-state index contributed by atoms with van der Waals surface area (Å²) in [5, 5.41) is 9.04. The molecule has 0 amide bonds. The van der Waals surface area contributed by atoms with E-state index in [4.69, 9.17) is 16.7 Å². The van der Waals surface area contributed by atoms with Gasteiger partial charge in [0.1, 0.15) is 0 Å². The molecule has 1 aliphatic carbocycles. The molecule has 2 N–H and O–H groups in total. The van der Waals surface area contributed by atoms with Crippen molar-refractivity contribution in [3.8, 4) is 0 Å². The maximum Gasteiger partial charge on any atom is 0.337 e. The van der Waals surface area contributed by atoms with Gasteiger partial charge in [-0.1, -0.05) is 31.4 Å². The number of carboxylic acids is 1. The molecule has 1 aromatic rings. The Bertz CT molecular complexity index is 644. The molecular formula is C14H18ClNO4S. The van der Waals surface area contributed by atoms with Crippen LogP contribution in [0.15, 0.2) is 23.1 Å². The molecule has 0 aromatic heterocycles. The quantitative estimate of drug-likeness (QED) is 0.888. The van der Waals surface area contributed by atoms with E-state index in [1.165, 1.54) is 12.1 Å². The minimum atomic E-state index is -3.74. The number of halogens is 1. The Balaban J connectivity index is 2.27. The van der Waals surface area contributed by atoms with E-state index in [9.17, 15) is 13.2 Å². The molecule has 0 bridgehead atoms. The summed E-state index contributed by atoms with van der Waals surface area (Å²) in [5.41, 5.74) is -0.212. The van der Waals surface area contributed by atoms with Gasteiger partial charge >= 0.3 is 5.97 Å². The SMILES string of the molecule is CC1CCCCC1NS(=O)(=O)c1ccc(Cl)c(C(=O)O)c1. The van der Waals surface area contributed by atoms with Gasteiger partial charge in [0, 0.05) is 6.04 Å². The average molecular weight is 332 g/mol. The smallest absolute Gasteiger partial charge is 0.337 e. The van der Waals surface area contributed by atoms with Crippen LogP contribution in [0, 0.1) is 5.92 Å². The van der Waals surface area contributed by atoms with Crippen LogP contribution in [-0.4, -0.2) is 25.5 Å². The topological polar surface area (TPSA) is 83.5 Å². The lowest BCUT2D eigenvalue weighted by Crippen LogP contribution is -2.41. The highest BCUT2D eigenvalue weighted by atomic mass is 35.5. The number of hydrogen-bond donors (Lipinski definition) is 2. The molecule has 5 nitrogen and oxygen atoms in total. The lowest BCUT2D eigenvalue weighted by atomic mass is 9.87.